The molecule has 41 heavy (non-hydrogen) atoms. The molecule has 0 bridgehead atoms. The van der Waals surface area contributed by atoms with E-state index in [1.54, 1.807) is 43.5 Å². The van der Waals surface area contributed by atoms with Gasteiger partial charge in [-0.2, -0.15) is 0 Å². The molecular formula is C31H45N5O5. The molecule has 10 heteroatoms. The third-order valence-electron chi connectivity index (χ3n) is 7.93. The summed E-state index contributed by atoms with van der Waals surface area (Å²) in [7, 11) is 1.78. The second-order valence-corrected chi connectivity index (χ2v) is 13.4. The van der Waals surface area contributed by atoms with Crippen molar-refractivity contribution in [3.8, 4) is 0 Å². The lowest BCUT2D eigenvalue weighted by molar-refractivity contribution is -0.137. The number of β-amino-alcohol motifs (C(OH)–C–C–N with tert-alkyl or cyclic N) is 1. The number of benzene rings is 1. The Kier molecular flexibility index (Phi) is 8.82. The van der Waals surface area contributed by atoms with Crippen LogP contribution in [0, 0.1) is 5.41 Å². The number of amides is 3. The number of nitrogens with one attached hydrogen (secondary N) is 1. The molecule has 2 aliphatic heterocycles. The number of aliphatic hydroxyl groups excluding tert-OH is 1. The van der Waals surface area contributed by atoms with Crippen molar-refractivity contribution in [1.29, 1.82) is 0 Å². The van der Waals surface area contributed by atoms with E-state index >= 15 is 0 Å². The lowest BCUT2D eigenvalue weighted by Gasteiger charge is -2.36. The highest BCUT2D eigenvalue weighted by atomic mass is 16.6. The van der Waals surface area contributed by atoms with E-state index in [-0.39, 0.29) is 24.8 Å². The first-order valence-electron chi connectivity index (χ1n) is 14.5. The van der Waals surface area contributed by atoms with Gasteiger partial charge in [-0.1, -0.05) is 51.1 Å². The number of aromatic nitrogens is 2. The summed E-state index contributed by atoms with van der Waals surface area (Å²) < 4.78 is 7.16. The molecule has 0 saturated carbocycles. The third-order valence-corrected chi connectivity index (χ3v) is 7.93. The summed E-state index contributed by atoms with van der Waals surface area (Å²) >= 11 is 0. The first-order valence-corrected chi connectivity index (χ1v) is 14.5. The molecule has 2 aromatic rings. The molecule has 0 aliphatic carbocycles. The van der Waals surface area contributed by atoms with Crippen LogP contribution in [0.15, 0.2) is 36.5 Å². The summed E-state index contributed by atoms with van der Waals surface area (Å²) in [5.74, 6) is 0.548. The molecule has 2 saturated heterocycles. The van der Waals surface area contributed by atoms with Gasteiger partial charge in [0.15, 0.2) is 0 Å². The van der Waals surface area contributed by atoms with Crippen LogP contribution in [0.4, 0.5) is 4.79 Å². The number of aliphatic hydroxyl groups is 1. The minimum absolute atomic E-state index is 0.0895. The molecule has 2 aliphatic rings. The number of imidazole rings is 1. The van der Waals surface area contributed by atoms with Crippen molar-refractivity contribution in [2.75, 3.05) is 19.6 Å². The van der Waals surface area contributed by atoms with Crippen LogP contribution in [-0.4, -0.2) is 79.7 Å². The molecule has 2 fully saturated rings. The van der Waals surface area contributed by atoms with Gasteiger partial charge in [0.25, 0.3) is 5.91 Å². The van der Waals surface area contributed by atoms with Crippen LogP contribution >= 0.6 is 0 Å². The Hall–Kier alpha value is -3.40. The van der Waals surface area contributed by atoms with E-state index in [4.69, 9.17) is 4.74 Å². The van der Waals surface area contributed by atoms with E-state index in [1.165, 1.54) is 5.56 Å². The van der Waals surface area contributed by atoms with Crippen molar-refractivity contribution >= 4 is 17.9 Å². The van der Waals surface area contributed by atoms with Gasteiger partial charge in [0.1, 0.15) is 23.2 Å². The number of nitrogens with zero attached hydrogens (tertiary/aromatic N) is 4. The van der Waals surface area contributed by atoms with Gasteiger partial charge in [-0.15, -0.1) is 0 Å². The average Bonchev–Trinajstić information content (AvgIpc) is 3.47. The van der Waals surface area contributed by atoms with Crippen molar-refractivity contribution in [1.82, 2.24) is 24.7 Å². The van der Waals surface area contributed by atoms with Crippen LogP contribution in [0.1, 0.15) is 94.6 Å². The van der Waals surface area contributed by atoms with Gasteiger partial charge in [-0.3, -0.25) is 9.59 Å². The van der Waals surface area contributed by atoms with E-state index in [0.29, 0.717) is 30.5 Å². The summed E-state index contributed by atoms with van der Waals surface area (Å²) in [6.45, 7) is 12.3. The number of carbonyl (C=O) groups excluding carboxylic acids is 3. The number of hydrogen-bond donors (Lipinski definition) is 2. The topological polar surface area (TPSA) is 117 Å². The number of alkyl carbamates (subject to hydrolysis) is 1. The molecule has 1 aromatic carbocycles. The Bertz CT molecular complexity index is 1240. The van der Waals surface area contributed by atoms with Gasteiger partial charge in [0, 0.05) is 33.1 Å². The van der Waals surface area contributed by atoms with Crippen LogP contribution in [0.3, 0.4) is 0 Å². The monoisotopic (exact) mass is 567 g/mol. The summed E-state index contributed by atoms with van der Waals surface area (Å²) in [6.07, 6.45) is 2.22. The predicted molar refractivity (Wildman–Crippen MR) is 155 cm³/mol. The molecular weight excluding hydrogens is 522 g/mol. The summed E-state index contributed by atoms with van der Waals surface area (Å²) in [4.78, 5) is 48.1. The number of piperidine rings is 1. The molecule has 10 nitrogen and oxygen atoms in total. The van der Waals surface area contributed by atoms with Crippen molar-refractivity contribution in [2.45, 2.75) is 90.5 Å². The van der Waals surface area contributed by atoms with E-state index in [0.717, 1.165) is 12.8 Å². The second-order valence-electron chi connectivity index (χ2n) is 13.4. The summed E-state index contributed by atoms with van der Waals surface area (Å²) in [5, 5.41) is 13.4. The molecule has 3 heterocycles. The van der Waals surface area contributed by atoms with Crippen molar-refractivity contribution in [3.05, 3.63) is 53.6 Å². The highest BCUT2D eigenvalue weighted by Crippen LogP contribution is 2.35. The highest BCUT2D eigenvalue weighted by Gasteiger charge is 2.44. The van der Waals surface area contributed by atoms with Gasteiger partial charge in [0.05, 0.1) is 18.3 Å². The van der Waals surface area contributed by atoms with Crippen LogP contribution in [-0.2, 0) is 16.6 Å². The predicted octanol–water partition coefficient (Wildman–Crippen LogP) is 4.01. The average molecular weight is 568 g/mol. The van der Waals surface area contributed by atoms with E-state index < -0.39 is 35.3 Å². The van der Waals surface area contributed by atoms with Gasteiger partial charge in [-0.05, 0) is 50.5 Å². The van der Waals surface area contributed by atoms with Crippen LogP contribution < -0.4 is 5.32 Å². The van der Waals surface area contributed by atoms with E-state index in [1.807, 2.05) is 31.7 Å². The molecule has 1 aromatic heterocycles. The smallest absolute Gasteiger partial charge is 0.408 e. The quantitative estimate of drug-likeness (QED) is 0.564. The molecule has 0 radical (unpaired) electrons. The van der Waals surface area contributed by atoms with E-state index in [9.17, 15) is 19.5 Å². The zero-order chi connectivity index (χ0) is 30.1. The second kappa shape index (κ2) is 11.8. The van der Waals surface area contributed by atoms with Crippen molar-refractivity contribution < 1.29 is 24.2 Å². The highest BCUT2D eigenvalue weighted by molar-refractivity contribution is 5.92. The molecule has 224 valence electrons. The van der Waals surface area contributed by atoms with Crippen molar-refractivity contribution in [3.63, 3.8) is 0 Å². The SMILES string of the molecule is Cn1c(C(=O)N2CCC(c3ccccc3)CC2)cnc1[C@@H]1C[C@@H](O)CN1C(=O)[C@@H](NC(=O)OC(C)(C)C)C(C)(C)C. The van der Waals surface area contributed by atoms with Crippen LogP contribution in [0.25, 0.3) is 0 Å². The van der Waals surface area contributed by atoms with Gasteiger partial charge < -0.3 is 29.5 Å². The summed E-state index contributed by atoms with van der Waals surface area (Å²) in [6, 6.07) is 8.97. The standard InChI is InChI=1S/C31H45N5O5/c1-30(2,3)25(33-29(40)41-31(4,5)6)28(39)36-19-22(37)17-23(36)26-32-18-24(34(26)7)27(38)35-15-13-21(14-16-35)20-11-9-8-10-12-20/h8-12,18,21-23,25,37H,13-17,19H2,1-7H3,(H,33,40)/t22-,23+,25-/m1/s1. The molecule has 3 atom stereocenters. The Labute approximate surface area is 243 Å². The maximum Gasteiger partial charge on any atom is 0.408 e. The minimum Gasteiger partial charge on any atom is -0.444 e. The molecule has 2 N–H and O–H groups in total. The molecule has 3 amide bonds. The largest absolute Gasteiger partial charge is 0.444 e. The number of carbonyl (C=O) groups is 3. The number of likely N-dealkylation sites (tertiary alicyclic amines) is 2. The van der Waals surface area contributed by atoms with Gasteiger partial charge in [-0.25, -0.2) is 9.78 Å². The third kappa shape index (κ3) is 7.09. The first-order chi connectivity index (χ1) is 19.2. The lowest BCUT2D eigenvalue weighted by atomic mass is 9.85. The maximum absolute atomic E-state index is 13.9. The molecule has 0 spiro atoms. The molecule has 4 rings (SSSR count). The summed E-state index contributed by atoms with van der Waals surface area (Å²) in [5.41, 5.74) is 0.419. The fourth-order valence-corrected chi connectivity index (χ4v) is 5.78. The Morgan fingerprint density at radius 2 is 1.68 bits per heavy atom. The number of rotatable bonds is 5. The lowest BCUT2D eigenvalue weighted by Crippen LogP contribution is -2.55. The van der Waals surface area contributed by atoms with Gasteiger partial charge >= 0.3 is 6.09 Å². The number of hydrogen-bond acceptors (Lipinski definition) is 6. The Morgan fingerprint density at radius 1 is 1.05 bits per heavy atom. The number of ether oxygens (including phenoxy) is 1. The first kappa shape index (κ1) is 30.6. The van der Waals surface area contributed by atoms with Crippen LogP contribution in [0.5, 0.6) is 0 Å². The Morgan fingerprint density at radius 3 is 2.27 bits per heavy atom. The molecule has 0 unspecified atom stereocenters. The van der Waals surface area contributed by atoms with Gasteiger partial charge in [0.2, 0.25) is 5.91 Å². The zero-order valence-corrected chi connectivity index (χ0v) is 25.4. The Balaban J connectivity index is 1.49. The zero-order valence-electron chi connectivity index (χ0n) is 25.4. The van der Waals surface area contributed by atoms with E-state index in [2.05, 4.69) is 34.6 Å². The van der Waals surface area contributed by atoms with Crippen molar-refractivity contribution in [2.24, 2.45) is 12.5 Å². The normalized spacial score (nSPS) is 21.1. The maximum atomic E-state index is 13.9. The fourth-order valence-electron chi connectivity index (χ4n) is 5.78. The fraction of sp³-hybridized carbons (Fsp3) is 0.613. The minimum atomic E-state index is -0.891. The van der Waals surface area contributed by atoms with Crippen LogP contribution in [0.2, 0.25) is 0 Å².